The van der Waals surface area contributed by atoms with Crippen LogP contribution in [0.25, 0.3) is 0 Å². The van der Waals surface area contributed by atoms with Crippen LogP contribution < -0.4 is 5.73 Å². The summed E-state index contributed by atoms with van der Waals surface area (Å²) in [6.45, 7) is 5.34. The van der Waals surface area contributed by atoms with E-state index in [0.29, 0.717) is 31.6 Å². The highest BCUT2D eigenvalue weighted by Crippen LogP contribution is 2.09. The van der Waals surface area contributed by atoms with E-state index in [2.05, 4.69) is 0 Å². The molecule has 0 spiro atoms. The maximum Gasteiger partial charge on any atom is 0.242 e. The molecule has 116 valence electrons. The number of hydrogen-bond donors (Lipinski definition) is 1. The van der Waals surface area contributed by atoms with Crippen molar-refractivity contribution >= 4 is 17.5 Å². The monoisotopic (exact) mass is 291 g/mol. The van der Waals surface area contributed by atoms with Crippen molar-refractivity contribution in [3.63, 3.8) is 0 Å². The van der Waals surface area contributed by atoms with Crippen molar-refractivity contribution in [3.05, 3.63) is 29.8 Å². The van der Waals surface area contributed by atoms with Crippen LogP contribution in [0.4, 0.5) is 5.69 Å². The van der Waals surface area contributed by atoms with E-state index in [1.807, 2.05) is 38.1 Å². The van der Waals surface area contributed by atoms with Crippen molar-refractivity contribution in [2.75, 3.05) is 32.4 Å². The lowest BCUT2D eigenvalue weighted by molar-refractivity contribution is -0.139. The number of rotatable bonds is 7. The van der Waals surface area contributed by atoms with Gasteiger partial charge in [0, 0.05) is 32.2 Å². The molecule has 2 N–H and O–H groups in total. The first-order chi connectivity index (χ1) is 9.97. The zero-order chi connectivity index (χ0) is 15.8. The van der Waals surface area contributed by atoms with Gasteiger partial charge in [-0.25, -0.2) is 0 Å². The SMILES string of the molecule is CCN(CC)C(=O)CN(C)C(=O)CCc1cccc(N)c1. The Morgan fingerprint density at radius 2 is 1.81 bits per heavy atom. The lowest BCUT2D eigenvalue weighted by Gasteiger charge is -2.23. The summed E-state index contributed by atoms with van der Waals surface area (Å²) in [7, 11) is 1.67. The van der Waals surface area contributed by atoms with Gasteiger partial charge in [-0.2, -0.15) is 0 Å². The van der Waals surface area contributed by atoms with E-state index in [0.717, 1.165) is 5.56 Å². The van der Waals surface area contributed by atoms with Crippen LogP contribution in [0.15, 0.2) is 24.3 Å². The van der Waals surface area contributed by atoms with Gasteiger partial charge in [0.05, 0.1) is 6.54 Å². The summed E-state index contributed by atoms with van der Waals surface area (Å²) in [6, 6.07) is 7.52. The summed E-state index contributed by atoms with van der Waals surface area (Å²) in [5, 5.41) is 0. The Labute approximate surface area is 126 Å². The Hall–Kier alpha value is -2.04. The minimum absolute atomic E-state index is 0.0141. The molecule has 2 amide bonds. The standard InChI is InChI=1S/C16H25N3O2/c1-4-19(5-2)16(21)12-18(3)15(20)10-9-13-7-6-8-14(17)11-13/h6-8,11H,4-5,9-10,12,17H2,1-3H3. The number of hydrogen-bond acceptors (Lipinski definition) is 3. The highest BCUT2D eigenvalue weighted by atomic mass is 16.2. The average Bonchev–Trinajstić information content (AvgIpc) is 2.46. The third-order valence-corrected chi connectivity index (χ3v) is 3.49. The van der Waals surface area contributed by atoms with E-state index in [9.17, 15) is 9.59 Å². The first kappa shape index (κ1) is 17.0. The summed E-state index contributed by atoms with van der Waals surface area (Å²) >= 11 is 0. The smallest absolute Gasteiger partial charge is 0.242 e. The van der Waals surface area contributed by atoms with Gasteiger partial charge in [0.25, 0.3) is 0 Å². The van der Waals surface area contributed by atoms with E-state index < -0.39 is 0 Å². The molecule has 0 atom stereocenters. The first-order valence-corrected chi connectivity index (χ1v) is 7.34. The number of likely N-dealkylation sites (N-methyl/N-ethyl adjacent to an activating group) is 2. The van der Waals surface area contributed by atoms with Crippen LogP contribution in [0.3, 0.4) is 0 Å². The quantitative estimate of drug-likeness (QED) is 0.775. The van der Waals surface area contributed by atoms with Gasteiger partial charge < -0.3 is 15.5 Å². The fourth-order valence-electron chi connectivity index (χ4n) is 2.16. The molecule has 5 heteroatoms. The number of nitrogen functional groups attached to an aromatic ring is 1. The predicted molar refractivity (Wildman–Crippen MR) is 84.7 cm³/mol. The van der Waals surface area contributed by atoms with Crippen LogP contribution >= 0.6 is 0 Å². The summed E-state index contributed by atoms with van der Waals surface area (Å²) in [6.07, 6.45) is 1.01. The Morgan fingerprint density at radius 3 is 2.38 bits per heavy atom. The largest absolute Gasteiger partial charge is 0.399 e. The van der Waals surface area contributed by atoms with E-state index in [1.54, 1.807) is 11.9 Å². The highest BCUT2D eigenvalue weighted by molar-refractivity contribution is 5.84. The molecule has 0 aliphatic heterocycles. The van der Waals surface area contributed by atoms with Gasteiger partial charge in [0.15, 0.2) is 0 Å². The molecule has 0 aliphatic carbocycles. The molecule has 0 fully saturated rings. The summed E-state index contributed by atoms with van der Waals surface area (Å²) in [5.41, 5.74) is 7.44. The second kappa shape index (κ2) is 8.29. The number of carbonyl (C=O) groups excluding carboxylic acids is 2. The number of nitrogens with zero attached hydrogens (tertiary/aromatic N) is 2. The maximum absolute atomic E-state index is 12.1. The van der Waals surface area contributed by atoms with Crippen LogP contribution in [0.1, 0.15) is 25.8 Å². The van der Waals surface area contributed by atoms with Gasteiger partial charge >= 0.3 is 0 Å². The number of anilines is 1. The number of nitrogens with two attached hydrogens (primary N) is 1. The van der Waals surface area contributed by atoms with Crippen molar-refractivity contribution in [1.82, 2.24) is 9.80 Å². The van der Waals surface area contributed by atoms with Crippen molar-refractivity contribution in [2.45, 2.75) is 26.7 Å². The molecule has 0 saturated carbocycles. The number of benzene rings is 1. The fourth-order valence-corrected chi connectivity index (χ4v) is 2.16. The van der Waals surface area contributed by atoms with Gasteiger partial charge in [-0.3, -0.25) is 9.59 Å². The van der Waals surface area contributed by atoms with Gasteiger partial charge in [0.2, 0.25) is 11.8 Å². The van der Waals surface area contributed by atoms with Crippen LogP contribution in [0, 0.1) is 0 Å². The minimum atomic E-state index is -0.0297. The van der Waals surface area contributed by atoms with Crippen LogP contribution in [-0.4, -0.2) is 48.3 Å². The molecule has 5 nitrogen and oxygen atoms in total. The van der Waals surface area contributed by atoms with E-state index in [4.69, 9.17) is 5.73 Å². The zero-order valence-corrected chi connectivity index (χ0v) is 13.1. The number of aryl methyl sites for hydroxylation is 1. The second-order valence-corrected chi connectivity index (χ2v) is 5.06. The van der Waals surface area contributed by atoms with E-state index in [1.165, 1.54) is 4.90 Å². The molecular weight excluding hydrogens is 266 g/mol. The number of carbonyl (C=O) groups is 2. The molecule has 0 heterocycles. The molecule has 1 aromatic rings. The normalized spacial score (nSPS) is 10.2. The zero-order valence-electron chi connectivity index (χ0n) is 13.1. The van der Waals surface area contributed by atoms with Crippen molar-refractivity contribution in [2.24, 2.45) is 0 Å². The Bertz CT molecular complexity index is 484. The van der Waals surface area contributed by atoms with Gasteiger partial charge in [-0.15, -0.1) is 0 Å². The molecule has 21 heavy (non-hydrogen) atoms. The average molecular weight is 291 g/mol. The molecule has 1 rings (SSSR count). The summed E-state index contributed by atoms with van der Waals surface area (Å²) < 4.78 is 0. The van der Waals surface area contributed by atoms with E-state index >= 15 is 0 Å². The van der Waals surface area contributed by atoms with Crippen molar-refractivity contribution in [1.29, 1.82) is 0 Å². The third kappa shape index (κ3) is 5.45. The molecule has 0 bridgehead atoms. The van der Waals surface area contributed by atoms with Crippen LogP contribution in [-0.2, 0) is 16.0 Å². The lowest BCUT2D eigenvalue weighted by Crippen LogP contribution is -2.41. The molecule has 0 saturated heterocycles. The van der Waals surface area contributed by atoms with Gasteiger partial charge in [-0.1, -0.05) is 12.1 Å². The Balaban J connectivity index is 2.46. The highest BCUT2D eigenvalue weighted by Gasteiger charge is 2.16. The number of amides is 2. The third-order valence-electron chi connectivity index (χ3n) is 3.49. The summed E-state index contributed by atoms with van der Waals surface area (Å²) in [4.78, 5) is 27.2. The minimum Gasteiger partial charge on any atom is -0.399 e. The van der Waals surface area contributed by atoms with Crippen molar-refractivity contribution < 1.29 is 9.59 Å². The topological polar surface area (TPSA) is 66.6 Å². The molecule has 0 aromatic heterocycles. The molecule has 1 aromatic carbocycles. The Kier molecular flexibility index (Phi) is 6.72. The molecule has 0 unspecified atom stereocenters. The lowest BCUT2D eigenvalue weighted by atomic mass is 10.1. The molecular formula is C16H25N3O2. The molecule has 0 radical (unpaired) electrons. The van der Waals surface area contributed by atoms with Crippen LogP contribution in [0.5, 0.6) is 0 Å². The van der Waals surface area contributed by atoms with Crippen LogP contribution in [0.2, 0.25) is 0 Å². The second-order valence-electron chi connectivity index (χ2n) is 5.06. The maximum atomic E-state index is 12.1. The van der Waals surface area contributed by atoms with E-state index in [-0.39, 0.29) is 18.4 Å². The van der Waals surface area contributed by atoms with Gasteiger partial charge in [0.1, 0.15) is 0 Å². The fraction of sp³-hybridized carbons (Fsp3) is 0.500. The van der Waals surface area contributed by atoms with Crippen molar-refractivity contribution in [3.8, 4) is 0 Å². The summed E-state index contributed by atoms with van der Waals surface area (Å²) in [5.74, 6) is -0.0438. The predicted octanol–water partition coefficient (Wildman–Crippen LogP) is 1.53. The van der Waals surface area contributed by atoms with Gasteiger partial charge in [-0.05, 0) is 38.0 Å². The molecule has 0 aliphatic rings. The first-order valence-electron chi connectivity index (χ1n) is 7.34. The Morgan fingerprint density at radius 1 is 1.14 bits per heavy atom.